The van der Waals surface area contributed by atoms with Crippen LogP contribution >= 0.6 is 0 Å². The number of hydrogen-bond donors (Lipinski definition) is 1. The van der Waals surface area contributed by atoms with Gasteiger partial charge >= 0.3 is 0 Å². The molecule has 3 rings (SSSR count). The number of ether oxygens (including phenoxy) is 1. The third-order valence-corrected chi connectivity index (χ3v) is 4.75. The summed E-state index contributed by atoms with van der Waals surface area (Å²) in [5, 5.41) is 7.31. The first-order valence-electron chi connectivity index (χ1n) is 8.77. The fourth-order valence-corrected chi connectivity index (χ4v) is 3.34. The standard InChI is InChI=1S/C19H24N4O3/c1-14(24)22-12-9-16(10-13-22)23-17(8-11-20-23)21-19(25)18(26-2)15-6-4-3-5-7-15/h3-8,11,16,18H,9-10,12-13H2,1-2H3,(H,21,25)/t18-/m1/s1. The van der Waals surface area contributed by atoms with Gasteiger partial charge in [-0.15, -0.1) is 0 Å². The summed E-state index contributed by atoms with van der Waals surface area (Å²) < 4.78 is 7.23. The minimum atomic E-state index is -0.681. The van der Waals surface area contributed by atoms with Gasteiger partial charge in [-0.1, -0.05) is 30.3 Å². The van der Waals surface area contributed by atoms with Gasteiger partial charge in [-0.25, -0.2) is 4.68 Å². The zero-order valence-electron chi connectivity index (χ0n) is 15.1. The molecule has 0 unspecified atom stereocenters. The van der Waals surface area contributed by atoms with Crippen molar-refractivity contribution >= 4 is 17.6 Å². The van der Waals surface area contributed by atoms with Gasteiger partial charge in [-0.3, -0.25) is 9.59 Å². The molecule has 2 heterocycles. The number of hydrogen-bond acceptors (Lipinski definition) is 4. The largest absolute Gasteiger partial charge is 0.367 e. The predicted molar refractivity (Wildman–Crippen MR) is 97.6 cm³/mol. The summed E-state index contributed by atoms with van der Waals surface area (Å²) in [5.41, 5.74) is 0.799. The number of carbonyl (C=O) groups is 2. The molecule has 1 N–H and O–H groups in total. The number of piperidine rings is 1. The Morgan fingerprint density at radius 1 is 1.19 bits per heavy atom. The number of benzene rings is 1. The van der Waals surface area contributed by atoms with E-state index in [0.29, 0.717) is 18.9 Å². The van der Waals surface area contributed by atoms with Crippen LogP contribution in [0.15, 0.2) is 42.6 Å². The van der Waals surface area contributed by atoms with Gasteiger partial charge in [-0.2, -0.15) is 5.10 Å². The van der Waals surface area contributed by atoms with E-state index in [2.05, 4.69) is 10.4 Å². The van der Waals surface area contributed by atoms with Crippen LogP contribution < -0.4 is 5.32 Å². The van der Waals surface area contributed by atoms with Gasteiger partial charge in [0.05, 0.1) is 12.2 Å². The van der Waals surface area contributed by atoms with Gasteiger partial charge in [-0.05, 0) is 18.4 Å². The van der Waals surface area contributed by atoms with Crippen molar-refractivity contribution in [1.29, 1.82) is 0 Å². The predicted octanol–water partition coefficient (Wildman–Crippen LogP) is 2.39. The zero-order chi connectivity index (χ0) is 18.5. The molecule has 1 aromatic heterocycles. The van der Waals surface area contributed by atoms with E-state index in [1.165, 1.54) is 7.11 Å². The van der Waals surface area contributed by atoms with Crippen molar-refractivity contribution in [2.45, 2.75) is 31.9 Å². The lowest BCUT2D eigenvalue weighted by atomic mass is 10.1. The van der Waals surface area contributed by atoms with Crippen molar-refractivity contribution in [1.82, 2.24) is 14.7 Å². The molecular weight excluding hydrogens is 332 g/mol. The maximum Gasteiger partial charge on any atom is 0.259 e. The molecule has 0 radical (unpaired) electrons. The van der Waals surface area contributed by atoms with Gasteiger partial charge in [0.25, 0.3) is 5.91 Å². The second-order valence-corrected chi connectivity index (χ2v) is 6.41. The molecule has 7 heteroatoms. The number of rotatable bonds is 5. The van der Waals surface area contributed by atoms with E-state index >= 15 is 0 Å². The molecule has 1 saturated heterocycles. The highest BCUT2D eigenvalue weighted by Crippen LogP contribution is 2.26. The minimum absolute atomic E-state index is 0.100. The molecule has 1 aromatic carbocycles. The lowest BCUT2D eigenvalue weighted by Crippen LogP contribution is -2.38. The smallest absolute Gasteiger partial charge is 0.259 e. The number of nitrogens with one attached hydrogen (secondary N) is 1. The van der Waals surface area contributed by atoms with Crippen molar-refractivity contribution in [3.63, 3.8) is 0 Å². The van der Waals surface area contributed by atoms with Crippen LogP contribution in [0.5, 0.6) is 0 Å². The van der Waals surface area contributed by atoms with Crippen LogP contribution in [0.4, 0.5) is 5.82 Å². The van der Waals surface area contributed by atoms with Crippen molar-refractivity contribution in [3.8, 4) is 0 Å². The summed E-state index contributed by atoms with van der Waals surface area (Å²) in [4.78, 5) is 26.0. The van der Waals surface area contributed by atoms with Gasteiger partial charge in [0.1, 0.15) is 5.82 Å². The van der Waals surface area contributed by atoms with E-state index < -0.39 is 6.10 Å². The average Bonchev–Trinajstić information content (AvgIpc) is 3.11. The molecule has 0 saturated carbocycles. The lowest BCUT2D eigenvalue weighted by molar-refractivity contribution is -0.130. The molecule has 1 atom stereocenters. The Hall–Kier alpha value is -2.67. The maximum atomic E-state index is 12.7. The Kier molecular flexibility index (Phi) is 5.68. The minimum Gasteiger partial charge on any atom is -0.367 e. The first-order chi connectivity index (χ1) is 12.6. The molecule has 2 aromatic rings. The average molecular weight is 356 g/mol. The number of nitrogens with zero attached hydrogens (tertiary/aromatic N) is 3. The van der Waals surface area contributed by atoms with Crippen molar-refractivity contribution in [2.24, 2.45) is 0 Å². The number of methoxy groups -OCH3 is 1. The first-order valence-corrected chi connectivity index (χ1v) is 8.77. The lowest BCUT2D eigenvalue weighted by Gasteiger charge is -2.32. The topological polar surface area (TPSA) is 76.5 Å². The Bertz CT molecular complexity index is 751. The number of aromatic nitrogens is 2. The molecule has 0 bridgehead atoms. The second-order valence-electron chi connectivity index (χ2n) is 6.41. The number of amides is 2. The molecule has 1 aliphatic heterocycles. The second kappa shape index (κ2) is 8.14. The molecule has 1 aliphatic rings. The van der Waals surface area contributed by atoms with Gasteiger partial charge < -0.3 is 15.0 Å². The number of anilines is 1. The third kappa shape index (κ3) is 3.94. The highest BCUT2D eigenvalue weighted by atomic mass is 16.5. The van der Waals surface area contributed by atoms with E-state index in [0.717, 1.165) is 18.4 Å². The zero-order valence-corrected chi connectivity index (χ0v) is 15.1. The van der Waals surface area contributed by atoms with E-state index in [-0.39, 0.29) is 17.9 Å². The van der Waals surface area contributed by atoms with Gasteiger partial charge in [0, 0.05) is 33.2 Å². The quantitative estimate of drug-likeness (QED) is 0.892. The van der Waals surface area contributed by atoms with E-state index in [1.807, 2.05) is 39.9 Å². The van der Waals surface area contributed by atoms with E-state index in [9.17, 15) is 9.59 Å². The Labute approximate surface area is 152 Å². The van der Waals surface area contributed by atoms with Gasteiger partial charge in [0.2, 0.25) is 5.91 Å². The van der Waals surface area contributed by atoms with Crippen LogP contribution in [0.1, 0.15) is 37.5 Å². The summed E-state index contributed by atoms with van der Waals surface area (Å²) in [6.45, 7) is 3.00. The molecule has 7 nitrogen and oxygen atoms in total. The Balaban J connectivity index is 1.69. The van der Waals surface area contributed by atoms with Crippen LogP contribution in [0, 0.1) is 0 Å². The summed E-state index contributed by atoms with van der Waals surface area (Å²) in [6, 6.07) is 11.3. The molecule has 0 spiro atoms. The van der Waals surface area contributed by atoms with E-state index in [4.69, 9.17) is 4.74 Å². The van der Waals surface area contributed by atoms with Gasteiger partial charge in [0.15, 0.2) is 6.10 Å². The van der Waals surface area contributed by atoms with Crippen molar-refractivity contribution in [2.75, 3.05) is 25.5 Å². The normalized spacial score (nSPS) is 16.3. The third-order valence-electron chi connectivity index (χ3n) is 4.75. The summed E-state index contributed by atoms with van der Waals surface area (Å²) in [7, 11) is 1.52. The number of likely N-dealkylation sites (tertiary alicyclic amines) is 1. The molecule has 138 valence electrons. The highest BCUT2D eigenvalue weighted by Gasteiger charge is 2.26. The Morgan fingerprint density at radius 2 is 1.88 bits per heavy atom. The van der Waals surface area contributed by atoms with Crippen molar-refractivity contribution < 1.29 is 14.3 Å². The summed E-state index contributed by atoms with van der Waals surface area (Å²) in [5.74, 6) is 0.513. The van der Waals surface area contributed by atoms with Crippen LogP contribution in [-0.2, 0) is 14.3 Å². The molecule has 1 fully saturated rings. The summed E-state index contributed by atoms with van der Waals surface area (Å²) >= 11 is 0. The fourth-order valence-electron chi connectivity index (χ4n) is 3.34. The Morgan fingerprint density at radius 3 is 2.50 bits per heavy atom. The molecular formula is C19H24N4O3. The van der Waals surface area contributed by atoms with Crippen LogP contribution in [0.2, 0.25) is 0 Å². The van der Waals surface area contributed by atoms with Crippen LogP contribution in [0.25, 0.3) is 0 Å². The summed E-state index contributed by atoms with van der Waals surface area (Å²) in [6.07, 6.45) is 2.63. The SMILES string of the molecule is CO[C@@H](C(=O)Nc1ccnn1C1CCN(C(C)=O)CC1)c1ccccc1. The highest BCUT2D eigenvalue weighted by molar-refractivity contribution is 5.94. The number of carbonyl (C=O) groups excluding carboxylic acids is 2. The van der Waals surface area contributed by atoms with Crippen LogP contribution in [-0.4, -0.2) is 46.7 Å². The van der Waals surface area contributed by atoms with Crippen LogP contribution in [0.3, 0.4) is 0 Å². The fraction of sp³-hybridized carbons (Fsp3) is 0.421. The molecule has 26 heavy (non-hydrogen) atoms. The van der Waals surface area contributed by atoms with E-state index in [1.54, 1.807) is 19.2 Å². The first kappa shape index (κ1) is 18.1. The monoisotopic (exact) mass is 356 g/mol. The van der Waals surface area contributed by atoms with Crippen molar-refractivity contribution in [3.05, 3.63) is 48.2 Å². The molecule has 0 aliphatic carbocycles. The molecule has 2 amide bonds. The maximum absolute atomic E-state index is 12.7.